The molecule has 114 valence electrons. The fourth-order valence-electron chi connectivity index (χ4n) is 2.38. The minimum atomic E-state index is 0.611. The van der Waals surface area contributed by atoms with Gasteiger partial charge in [-0.1, -0.05) is 0 Å². The summed E-state index contributed by atoms with van der Waals surface area (Å²) in [5, 5.41) is 0. The summed E-state index contributed by atoms with van der Waals surface area (Å²) in [6.07, 6.45) is 12.0. The van der Waals surface area contributed by atoms with Gasteiger partial charge in [-0.15, -0.1) is 0 Å². The van der Waals surface area contributed by atoms with Gasteiger partial charge in [0.15, 0.2) is 5.82 Å². The van der Waals surface area contributed by atoms with Gasteiger partial charge in [0, 0.05) is 53.9 Å². The maximum Gasteiger partial charge on any atom is 0.161 e. The van der Waals surface area contributed by atoms with Gasteiger partial charge in [-0.25, -0.2) is 19.9 Å². The number of hydrogen-bond donors (Lipinski definition) is 0. The van der Waals surface area contributed by atoms with Crippen LogP contribution in [0.15, 0.2) is 73.8 Å². The molecule has 0 unspecified atom stereocenters. The minimum Gasteiger partial charge on any atom is -0.264 e. The van der Waals surface area contributed by atoms with E-state index in [4.69, 9.17) is 4.98 Å². The summed E-state index contributed by atoms with van der Waals surface area (Å²) >= 11 is 0. The molecule has 24 heavy (non-hydrogen) atoms. The molecule has 0 fully saturated rings. The highest BCUT2D eigenvalue weighted by molar-refractivity contribution is 5.79. The second-order valence-corrected chi connectivity index (χ2v) is 5.03. The molecule has 4 heterocycles. The molecule has 0 aliphatic heterocycles. The van der Waals surface area contributed by atoms with E-state index in [1.54, 1.807) is 37.2 Å². The average molecular weight is 312 g/mol. The van der Waals surface area contributed by atoms with Crippen molar-refractivity contribution in [3.63, 3.8) is 0 Å². The summed E-state index contributed by atoms with van der Waals surface area (Å²) in [6, 6.07) is 9.47. The van der Waals surface area contributed by atoms with Crippen LogP contribution in [0.25, 0.3) is 33.9 Å². The molecule has 0 spiro atoms. The van der Waals surface area contributed by atoms with Gasteiger partial charge < -0.3 is 0 Å². The number of nitrogens with zero attached hydrogens (tertiary/aromatic N) is 6. The minimum absolute atomic E-state index is 0.611. The Morgan fingerprint density at radius 3 is 2.12 bits per heavy atom. The molecule has 0 atom stereocenters. The van der Waals surface area contributed by atoms with Crippen molar-refractivity contribution in [1.29, 1.82) is 0 Å². The van der Waals surface area contributed by atoms with Crippen LogP contribution in [-0.2, 0) is 0 Å². The number of pyridine rings is 2. The summed E-state index contributed by atoms with van der Waals surface area (Å²) in [5.41, 5.74) is 4.13. The Morgan fingerprint density at radius 2 is 1.46 bits per heavy atom. The van der Waals surface area contributed by atoms with Gasteiger partial charge in [0.1, 0.15) is 6.33 Å². The van der Waals surface area contributed by atoms with Crippen molar-refractivity contribution in [1.82, 2.24) is 29.9 Å². The van der Waals surface area contributed by atoms with Crippen molar-refractivity contribution in [2.24, 2.45) is 0 Å². The highest BCUT2D eigenvalue weighted by Gasteiger charge is 2.13. The van der Waals surface area contributed by atoms with Crippen LogP contribution >= 0.6 is 0 Å². The first-order valence-electron chi connectivity index (χ1n) is 7.36. The lowest BCUT2D eigenvalue weighted by atomic mass is 10.1. The number of hydrogen-bond acceptors (Lipinski definition) is 6. The Balaban J connectivity index is 1.92. The molecule has 0 N–H and O–H groups in total. The zero-order valence-corrected chi connectivity index (χ0v) is 12.6. The SMILES string of the molecule is c1cncc(-c2ncc(-c3ccncn3)c(-c3cccnc3)n2)c1. The lowest BCUT2D eigenvalue weighted by molar-refractivity contribution is 1.13. The number of rotatable bonds is 3. The van der Waals surface area contributed by atoms with Gasteiger partial charge in [-0.3, -0.25) is 9.97 Å². The van der Waals surface area contributed by atoms with Crippen LogP contribution in [0, 0.1) is 0 Å². The van der Waals surface area contributed by atoms with E-state index in [0.717, 1.165) is 28.1 Å². The van der Waals surface area contributed by atoms with E-state index in [1.165, 1.54) is 6.33 Å². The maximum absolute atomic E-state index is 4.74. The van der Waals surface area contributed by atoms with E-state index < -0.39 is 0 Å². The van der Waals surface area contributed by atoms with Crippen molar-refractivity contribution >= 4 is 0 Å². The third-order valence-corrected chi connectivity index (χ3v) is 3.50. The predicted octanol–water partition coefficient (Wildman–Crippen LogP) is 3.06. The fraction of sp³-hybridized carbons (Fsp3) is 0. The summed E-state index contributed by atoms with van der Waals surface area (Å²) in [4.78, 5) is 25.8. The van der Waals surface area contributed by atoms with Gasteiger partial charge >= 0.3 is 0 Å². The van der Waals surface area contributed by atoms with Gasteiger partial charge in [0.2, 0.25) is 0 Å². The highest BCUT2D eigenvalue weighted by atomic mass is 14.9. The highest BCUT2D eigenvalue weighted by Crippen LogP contribution is 2.29. The first-order chi connectivity index (χ1) is 11.9. The van der Waals surface area contributed by atoms with E-state index >= 15 is 0 Å². The quantitative estimate of drug-likeness (QED) is 0.578. The van der Waals surface area contributed by atoms with E-state index in [2.05, 4.69) is 24.9 Å². The molecule has 0 aromatic carbocycles. The molecule has 0 aliphatic rings. The maximum atomic E-state index is 4.74. The second kappa shape index (κ2) is 6.29. The molecule has 0 bridgehead atoms. The Kier molecular flexibility index (Phi) is 3.69. The second-order valence-electron chi connectivity index (χ2n) is 5.03. The first kappa shape index (κ1) is 14.1. The first-order valence-corrected chi connectivity index (χ1v) is 7.36. The molecule has 0 radical (unpaired) electrons. The zero-order chi connectivity index (χ0) is 16.2. The Hall–Kier alpha value is -3.54. The molecule has 4 rings (SSSR count). The topological polar surface area (TPSA) is 77.3 Å². The van der Waals surface area contributed by atoms with Crippen LogP contribution in [0.5, 0.6) is 0 Å². The number of aromatic nitrogens is 6. The van der Waals surface area contributed by atoms with Crippen molar-refractivity contribution < 1.29 is 0 Å². The lowest BCUT2D eigenvalue weighted by Gasteiger charge is -2.09. The van der Waals surface area contributed by atoms with Crippen LogP contribution in [0.2, 0.25) is 0 Å². The third kappa shape index (κ3) is 2.72. The smallest absolute Gasteiger partial charge is 0.161 e. The van der Waals surface area contributed by atoms with Crippen molar-refractivity contribution in [3.8, 4) is 33.9 Å². The molecule has 6 nitrogen and oxygen atoms in total. The largest absolute Gasteiger partial charge is 0.264 e. The fourth-order valence-corrected chi connectivity index (χ4v) is 2.38. The molecule has 0 amide bonds. The molecular weight excluding hydrogens is 300 g/mol. The standard InChI is InChI=1S/C18H12N6/c1-3-13(9-19-6-1)17-15(16-5-8-21-12-23-16)11-22-18(24-17)14-4-2-7-20-10-14/h1-12H. The predicted molar refractivity (Wildman–Crippen MR) is 89.5 cm³/mol. The van der Waals surface area contributed by atoms with E-state index in [-0.39, 0.29) is 0 Å². The zero-order valence-electron chi connectivity index (χ0n) is 12.6. The molecular formula is C18H12N6. The monoisotopic (exact) mass is 312 g/mol. The molecule has 0 saturated heterocycles. The van der Waals surface area contributed by atoms with Gasteiger partial charge in [-0.05, 0) is 30.3 Å². The van der Waals surface area contributed by atoms with Gasteiger partial charge in [0.25, 0.3) is 0 Å². The molecule has 6 heteroatoms. The summed E-state index contributed by atoms with van der Waals surface area (Å²) in [7, 11) is 0. The van der Waals surface area contributed by atoms with Crippen LogP contribution in [0.3, 0.4) is 0 Å². The van der Waals surface area contributed by atoms with Crippen LogP contribution in [0.1, 0.15) is 0 Å². The lowest BCUT2D eigenvalue weighted by Crippen LogP contribution is -1.97. The Morgan fingerprint density at radius 1 is 0.667 bits per heavy atom. The third-order valence-electron chi connectivity index (χ3n) is 3.50. The summed E-state index contributed by atoms with van der Waals surface area (Å²) in [6.45, 7) is 0. The van der Waals surface area contributed by atoms with E-state index in [9.17, 15) is 0 Å². The van der Waals surface area contributed by atoms with Gasteiger partial charge in [0.05, 0.1) is 11.4 Å². The molecule has 0 saturated carbocycles. The molecule has 0 aliphatic carbocycles. The Labute approximate surface area is 138 Å². The molecule has 4 aromatic heterocycles. The van der Waals surface area contributed by atoms with Crippen LogP contribution in [-0.4, -0.2) is 29.9 Å². The normalized spacial score (nSPS) is 10.5. The van der Waals surface area contributed by atoms with E-state index in [0.29, 0.717) is 5.82 Å². The van der Waals surface area contributed by atoms with Crippen molar-refractivity contribution in [2.75, 3.05) is 0 Å². The summed E-state index contributed by atoms with van der Waals surface area (Å²) in [5.74, 6) is 0.611. The summed E-state index contributed by atoms with van der Waals surface area (Å²) < 4.78 is 0. The Bertz CT molecular complexity index is 943. The van der Waals surface area contributed by atoms with E-state index in [1.807, 2.05) is 30.3 Å². The van der Waals surface area contributed by atoms with Gasteiger partial charge in [-0.2, -0.15) is 0 Å². The molecule has 4 aromatic rings. The van der Waals surface area contributed by atoms with Crippen LogP contribution in [0.4, 0.5) is 0 Å². The van der Waals surface area contributed by atoms with Crippen LogP contribution < -0.4 is 0 Å². The average Bonchev–Trinajstić information content (AvgIpc) is 2.69. The van der Waals surface area contributed by atoms with Crippen molar-refractivity contribution in [3.05, 3.63) is 73.8 Å². The van der Waals surface area contributed by atoms with Crippen molar-refractivity contribution in [2.45, 2.75) is 0 Å².